The van der Waals surface area contributed by atoms with Crippen molar-refractivity contribution >= 4 is 5.69 Å². The second kappa shape index (κ2) is 6.80. The molecule has 2 aromatic rings. The van der Waals surface area contributed by atoms with E-state index in [-0.39, 0.29) is 6.04 Å². The van der Waals surface area contributed by atoms with Crippen LogP contribution in [-0.2, 0) is 0 Å². The lowest BCUT2D eigenvalue weighted by atomic mass is 10.0. The minimum absolute atomic E-state index is 0.182. The Bertz CT molecular complexity index is 540. The van der Waals surface area contributed by atoms with Crippen LogP contribution in [0.4, 0.5) is 5.69 Å². The molecule has 0 saturated heterocycles. The molecule has 0 bridgehead atoms. The predicted octanol–water partition coefficient (Wildman–Crippen LogP) is 3.66. The fourth-order valence-electron chi connectivity index (χ4n) is 2.14. The van der Waals surface area contributed by atoms with Crippen molar-refractivity contribution in [2.45, 2.75) is 19.4 Å². The van der Waals surface area contributed by atoms with E-state index in [1.54, 1.807) is 20.4 Å². The highest BCUT2D eigenvalue weighted by molar-refractivity contribution is 5.47. The molecule has 0 fully saturated rings. The molecule has 0 spiro atoms. The summed E-state index contributed by atoms with van der Waals surface area (Å²) in [7, 11) is 3.31. The molecule has 1 aromatic carbocycles. The van der Waals surface area contributed by atoms with Crippen LogP contribution >= 0.6 is 0 Å². The molecular formula is C16H20N2O2. The van der Waals surface area contributed by atoms with Crippen molar-refractivity contribution in [1.82, 2.24) is 4.98 Å². The van der Waals surface area contributed by atoms with Gasteiger partial charge in [-0.15, -0.1) is 0 Å². The van der Waals surface area contributed by atoms with Crippen molar-refractivity contribution in [3.8, 4) is 11.6 Å². The Labute approximate surface area is 119 Å². The van der Waals surface area contributed by atoms with Gasteiger partial charge in [-0.1, -0.05) is 25.1 Å². The topological polar surface area (TPSA) is 43.4 Å². The highest BCUT2D eigenvalue weighted by atomic mass is 16.5. The number of hydrogen-bond donors (Lipinski definition) is 1. The summed E-state index contributed by atoms with van der Waals surface area (Å²) in [6, 6.07) is 12.0. The van der Waals surface area contributed by atoms with Crippen LogP contribution in [0.15, 0.2) is 42.6 Å². The number of nitrogens with zero attached hydrogens (tertiary/aromatic N) is 1. The van der Waals surface area contributed by atoms with Crippen LogP contribution in [0.1, 0.15) is 24.9 Å². The molecule has 0 saturated carbocycles. The van der Waals surface area contributed by atoms with Crippen molar-refractivity contribution in [2.75, 3.05) is 19.5 Å². The highest BCUT2D eigenvalue weighted by Crippen LogP contribution is 2.29. The van der Waals surface area contributed by atoms with Crippen LogP contribution in [0, 0.1) is 0 Å². The lowest BCUT2D eigenvalue weighted by Gasteiger charge is -2.20. The van der Waals surface area contributed by atoms with E-state index >= 15 is 0 Å². The summed E-state index contributed by atoms with van der Waals surface area (Å²) in [5.74, 6) is 1.51. The molecule has 1 N–H and O–H groups in total. The first kappa shape index (κ1) is 14.2. The summed E-state index contributed by atoms with van der Waals surface area (Å²) in [5, 5.41) is 3.47. The number of pyridine rings is 1. The Balaban J connectivity index is 2.19. The normalized spacial score (nSPS) is 11.8. The van der Waals surface area contributed by atoms with Crippen molar-refractivity contribution in [2.24, 2.45) is 0 Å². The molecule has 0 aliphatic heterocycles. The number of aromatic nitrogens is 1. The van der Waals surface area contributed by atoms with E-state index in [0.29, 0.717) is 5.88 Å². The monoisotopic (exact) mass is 272 g/mol. The van der Waals surface area contributed by atoms with Crippen LogP contribution in [0.25, 0.3) is 0 Å². The standard InChI is InChI=1S/C16H20N2O2/c1-4-14(13-7-5-6-8-15(13)19-2)18-12-9-10-16(20-3)17-11-12/h5-11,14,18H,4H2,1-3H3. The number of methoxy groups -OCH3 is 2. The first-order valence-electron chi connectivity index (χ1n) is 6.68. The summed E-state index contributed by atoms with van der Waals surface area (Å²) in [6.07, 6.45) is 2.73. The minimum Gasteiger partial charge on any atom is -0.496 e. The second-order valence-electron chi connectivity index (χ2n) is 4.44. The maximum atomic E-state index is 5.43. The summed E-state index contributed by atoms with van der Waals surface area (Å²) < 4.78 is 10.5. The zero-order valence-electron chi connectivity index (χ0n) is 12.1. The SMILES string of the molecule is CCC(Nc1ccc(OC)nc1)c1ccccc1OC. The quantitative estimate of drug-likeness (QED) is 0.871. The van der Waals surface area contributed by atoms with Gasteiger partial charge in [-0.05, 0) is 18.6 Å². The van der Waals surface area contributed by atoms with Gasteiger partial charge in [-0.25, -0.2) is 4.98 Å². The smallest absolute Gasteiger partial charge is 0.213 e. The molecule has 0 aliphatic rings. The zero-order valence-corrected chi connectivity index (χ0v) is 12.1. The molecule has 4 nitrogen and oxygen atoms in total. The molecule has 1 atom stereocenters. The van der Waals surface area contributed by atoms with Gasteiger partial charge in [0.2, 0.25) is 5.88 Å². The van der Waals surface area contributed by atoms with Crippen LogP contribution in [0.2, 0.25) is 0 Å². The number of para-hydroxylation sites is 1. The van der Waals surface area contributed by atoms with Crippen LogP contribution < -0.4 is 14.8 Å². The minimum atomic E-state index is 0.182. The number of nitrogens with one attached hydrogen (secondary N) is 1. The van der Waals surface area contributed by atoms with E-state index in [2.05, 4.69) is 23.3 Å². The maximum absolute atomic E-state index is 5.43. The molecule has 20 heavy (non-hydrogen) atoms. The fraction of sp³-hybridized carbons (Fsp3) is 0.312. The van der Waals surface area contributed by atoms with E-state index in [9.17, 15) is 0 Å². The van der Waals surface area contributed by atoms with Gasteiger partial charge in [0.25, 0.3) is 0 Å². The van der Waals surface area contributed by atoms with Crippen molar-refractivity contribution in [3.05, 3.63) is 48.2 Å². The van der Waals surface area contributed by atoms with E-state index < -0.39 is 0 Å². The molecule has 4 heteroatoms. The van der Waals surface area contributed by atoms with E-state index in [1.165, 1.54) is 0 Å². The third-order valence-electron chi connectivity index (χ3n) is 3.21. The Morgan fingerprint density at radius 2 is 1.90 bits per heavy atom. The zero-order chi connectivity index (χ0) is 14.4. The molecule has 1 aromatic heterocycles. The number of benzene rings is 1. The summed E-state index contributed by atoms with van der Waals surface area (Å²) in [5.41, 5.74) is 2.11. The van der Waals surface area contributed by atoms with Gasteiger partial charge in [-0.2, -0.15) is 0 Å². The number of rotatable bonds is 6. The first-order valence-corrected chi connectivity index (χ1v) is 6.68. The molecule has 2 rings (SSSR count). The van der Waals surface area contributed by atoms with E-state index in [1.807, 2.05) is 30.3 Å². The van der Waals surface area contributed by atoms with Crippen LogP contribution in [-0.4, -0.2) is 19.2 Å². The maximum Gasteiger partial charge on any atom is 0.213 e. The predicted molar refractivity (Wildman–Crippen MR) is 80.4 cm³/mol. The number of ether oxygens (including phenoxy) is 2. The lowest BCUT2D eigenvalue weighted by molar-refractivity contribution is 0.398. The summed E-state index contributed by atoms with van der Waals surface area (Å²) in [6.45, 7) is 2.14. The summed E-state index contributed by atoms with van der Waals surface area (Å²) >= 11 is 0. The molecule has 106 valence electrons. The Hall–Kier alpha value is -2.23. The molecule has 1 unspecified atom stereocenters. The van der Waals surface area contributed by atoms with E-state index in [0.717, 1.165) is 23.4 Å². The third-order valence-corrected chi connectivity index (χ3v) is 3.21. The molecular weight excluding hydrogens is 252 g/mol. The first-order chi connectivity index (χ1) is 9.78. The van der Waals surface area contributed by atoms with Crippen LogP contribution in [0.3, 0.4) is 0 Å². The molecule has 1 heterocycles. The molecule has 0 amide bonds. The lowest BCUT2D eigenvalue weighted by Crippen LogP contribution is -2.11. The molecule has 0 aliphatic carbocycles. The van der Waals surface area contributed by atoms with Gasteiger partial charge in [0.05, 0.1) is 32.1 Å². The highest BCUT2D eigenvalue weighted by Gasteiger charge is 2.13. The van der Waals surface area contributed by atoms with Gasteiger partial charge in [0.1, 0.15) is 5.75 Å². The van der Waals surface area contributed by atoms with Crippen LogP contribution in [0.5, 0.6) is 11.6 Å². The Morgan fingerprint density at radius 1 is 1.10 bits per heavy atom. The number of anilines is 1. The molecule has 0 radical (unpaired) electrons. The Morgan fingerprint density at radius 3 is 2.50 bits per heavy atom. The van der Waals surface area contributed by atoms with Crippen molar-refractivity contribution < 1.29 is 9.47 Å². The van der Waals surface area contributed by atoms with Gasteiger partial charge in [-0.3, -0.25) is 0 Å². The van der Waals surface area contributed by atoms with Crippen molar-refractivity contribution in [1.29, 1.82) is 0 Å². The fourth-order valence-corrected chi connectivity index (χ4v) is 2.14. The van der Waals surface area contributed by atoms with Gasteiger partial charge in [0, 0.05) is 11.6 Å². The largest absolute Gasteiger partial charge is 0.496 e. The Kier molecular flexibility index (Phi) is 4.82. The van der Waals surface area contributed by atoms with Crippen molar-refractivity contribution in [3.63, 3.8) is 0 Å². The average molecular weight is 272 g/mol. The average Bonchev–Trinajstić information content (AvgIpc) is 2.53. The third kappa shape index (κ3) is 3.20. The van der Waals surface area contributed by atoms with Gasteiger partial charge >= 0.3 is 0 Å². The number of hydrogen-bond acceptors (Lipinski definition) is 4. The van der Waals surface area contributed by atoms with Gasteiger partial charge in [0.15, 0.2) is 0 Å². The van der Waals surface area contributed by atoms with Gasteiger partial charge < -0.3 is 14.8 Å². The summed E-state index contributed by atoms with van der Waals surface area (Å²) in [4.78, 5) is 4.20. The van der Waals surface area contributed by atoms with E-state index in [4.69, 9.17) is 9.47 Å². The second-order valence-corrected chi connectivity index (χ2v) is 4.44.